The maximum absolute atomic E-state index is 13.2. The lowest BCUT2D eigenvalue weighted by molar-refractivity contribution is -0.124. The van der Waals surface area contributed by atoms with E-state index in [2.05, 4.69) is 48.3 Å². The first-order valence-corrected chi connectivity index (χ1v) is 10.5. The first-order chi connectivity index (χ1) is 14.9. The second kappa shape index (κ2) is 8.28. The van der Waals surface area contributed by atoms with Crippen molar-refractivity contribution < 1.29 is 9.59 Å². The Balaban J connectivity index is 1.61. The zero-order valence-electron chi connectivity index (χ0n) is 18.0. The standard InChI is InChI=1S/C27H24N2O2/c1-16-4-7-20(8-5-16)21-10-17(2)25(18(3)11-21)26-24(30)13-22(27(26)31)12-23-9-6-19(14-28)15-29-23/h4-11,15,22,26H,12-13H2,1-3H3. The summed E-state index contributed by atoms with van der Waals surface area (Å²) in [4.78, 5) is 30.4. The highest BCUT2D eigenvalue weighted by molar-refractivity contribution is 6.15. The molecule has 3 aromatic rings. The first-order valence-electron chi connectivity index (χ1n) is 10.5. The van der Waals surface area contributed by atoms with E-state index in [9.17, 15) is 9.59 Å². The molecule has 4 nitrogen and oxygen atoms in total. The zero-order chi connectivity index (χ0) is 22.1. The van der Waals surface area contributed by atoms with Crippen molar-refractivity contribution in [1.29, 1.82) is 5.26 Å². The van der Waals surface area contributed by atoms with Crippen LogP contribution in [0.25, 0.3) is 11.1 Å². The largest absolute Gasteiger partial charge is 0.298 e. The smallest absolute Gasteiger partial charge is 0.151 e. The normalized spacial score (nSPS) is 18.3. The fourth-order valence-electron chi connectivity index (χ4n) is 4.54. The molecule has 1 aromatic heterocycles. The van der Waals surface area contributed by atoms with Gasteiger partial charge in [0.1, 0.15) is 17.8 Å². The number of benzene rings is 2. The van der Waals surface area contributed by atoms with Crippen molar-refractivity contribution in [3.63, 3.8) is 0 Å². The Morgan fingerprint density at radius 3 is 2.23 bits per heavy atom. The second-order valence-electron chi connectivity index (χ2n) is 8.45. The van der Waals surface area contributed by atoms with E-state index in [0.717, 1.165) is 33.5 Å². The van der Waals surface area contributed by atoms with Gasteiger partial charge in [-0.15, -0.1) is 0 Å². The maximum atomic E-state index is 13.2. The lowest BCUT2D eigenvalue weighted by atomic mass is 9.85. The van der Waals surface area contributed by atoms with Gasteiger partial charge in [0.2, 0.25) is 0 Å². The summed E-state index contributed by atoms with van der Waals surface area (Å²) in [6.07, 6.45) is 2.17. The minimum absolute atomic E-state index is 0.0158. The van der Waals surface area contributed by atoms with E-state index in [1.165, 1.54) is 11.8 Å². The Morgan fingerprint density at radius 2 is 1.65 bits per heavy atom. The quantitative estimate of drug-likeness (QED) is 0.568. The first kappa shape index (κ1) is 20.7. The van der Waals surface area contributed by atoms with Gasteiger partial charge in [-0.3, -0.25) is 14.6 Å². The van der Waals surface area contributed by atoms with Crippen LogP contribution in [0.15, 0.2) is 54.7 Å². The fraction of sp³-hybridized carbons (Fsp3) is 0.259. The Bertz CT molecular complexity index is 1180. The molecule has 0 saturated heterocycles. The lowest BCUT2D eigenvalue weighted by Crippen LogP contribution is -2.19. The number of aryl methyl sites for hydroxylation is 3. The van der Waals surface area contributed by atoms with E-state index < -0.39 is 5.92 Å². The Labute approximate surface area is 182 Å². The Morgan fingerprint density at radius 1 is 0.968 bits per heavy atom. The summed E-state index contributed by atoms with van der Waals surface area (Å²) in [6, 6.07) is 18.0. The van der Waals surface area contributed by atoms with Crippen molar-refractivity contribution in [2.24, 2.45) is 5.92 Å². The van der Waals surface area contributed by atoms with Crippen molar-refractivity contribution in [2.45, 2.75) is 39.5 Å². The molecule has 2 atom stereocenters. The van der Waals surface area contributed by atoms with Gasteiger partial charge in [0.25, 0.3) is 0 Å². The third kappa shape index (κ3) is 4.04. The highest BCUT2D eigenvalue weighted by Gasteiger charge is 2.43. The topological polar surface area (TPSA) is 70.8 Å². The van der Waals surface area contributed by atoms with Crippen LogP contribution in [0.5, 0.6) is 0 Å². The average Bonchev–Trinajstić information content (AvgIpc) is 3.02. The van der Waals surface area contributed by atoms with E-state index in [4.69, 9.17) is 5.26 Å². The SMILES string of the molecule is Cc1ccc(-c2cc(C)c(C3C(=O)CC(Cc4ccc(C#N)cn4)C3=O)c(C)c2)cc1. The Hall–Kier alpha value is -3.58. The second-order valence-corrected chi connectivity index (χ2v) is 8.45. The summed E-state index contributed by atoms with van der Waals surface area (Å²) in [7, 11) is 0. The number of hydrogen-bond acceptors (Lipinski definition) is 4. The number of pyridine rings is 1. The van der Waals surface area contributed by atoms with Gasteiger partial charge in [-0.1, -0.05) is 42.0 Å². The summed E-state index contributed by atoms with van der Waals surface area (Å²) in [5.74, 6) is -1.10. The molecule has 2 unspecified atom stereocenters. The molecule has 0 N–H and O–H groups in total. The van der Waals surface area contributed by atoms with Crippen LogP contribution >= 0.6 is 0 Å². The molecule has 4 heteroatoms. The molecular formula is C27H24N2O2. The van der Waals surface area contributed by atoms with Crippen LogP contribution in [0.3, 0.4) is 0 Å². The van der Waals surface area contributed by atoms with Crippen LogP contribution in [0.2, 0.25) is 0 Å². The minimum atomic E-state index is -0.699. The number of hydrogen-bond donors (Lipinski definition) is 0. The minimum Gasteiger partial charge on any atom is -0.298 e. The molecule has 1 saturated carbocycles. The zero-order valence-corrected chi connectivity index (χ0v) is 18.0. The number of ketones is 2. The molecule has 1 fully saturated rings. The van der Waals surface area contributed by atoms with Gasteiger partial charge in [0, 0.05) is 24.2 Å². The monoisotopic (exact) mass is 408 g/mol. The molecule has 31 heavy (non-hydrogen) atoms. The lowest BCUT2D eigenvalue weighted by Gasteiger charge is -2.17. The summed E-state index contributed by atoms with van der Waals surface area (Å²) in [6.45, 7) is 6.02. The van der Waals surface area contributed by atoms with Crippen LogP contribution in [0.4, 0.5) is 0 Å². The van der Waals surface area contributed by atoms with Crippen molar-refractivity contribution in [2.75, 3.05) is 0 Å². The molecule has 0 spiro atoms. The van der Waals surface area contributed by atoms with E-state index in [1.807, 2.05) is 19.9 Å². The molecule has 1 heterocycles. The highest BCUT2D eigenvalue weighted by Crippen LogP contribution is 2.38. The molecule has 2 aromatic carbocycles. The van der Waals surface area contributed by atoms with Crippen LogP contribution in [0, 0.1) is 38.0 Å². The molecular weight excluding hydrogens is 384 g/mol. The number of nitrogens with zero attached hydrogens (tertiary/aromatic N) is 2. The van der Waals surface area contributed by atoms with Crippen LogP contribution < -0.4 is 0 Å². The van der Waals surface area contributed by atoms with Gasteiger partial charge < -0.3 is 0 Å². The summed E-state index contributed by atoms with van der Waals surface area (Å²) in [5.41, 5.74) is 7.43. The third-order valence-corrected chi connectivity index (χ3v) is 6.13. The number of nitriles is 1. The number of carbonyl (C=O) groups is 2. The fourth-order valence-corrected chi connectivity index (χ4v) is 4.54. The van der Waals surface area contributed by atoms with Crippen molar-refractivity contribution in [3.05, 3.63) is 88.2 Å². The number of aromatic nitrogens is 1. The number of rotatable bonds is 4. The summed E-state index contributed by atoms with van der Waals surface area (Å²) in [5, 5.41) is 8.92. The summed E-state index contributed by atoms with van der Waals surface area (Å²) >= 11 is 0. The van der Waals surface area contributed by atoms with Crippen molar-refractivity contribution in [3.8, 4) is 17.2 Å². The predicted molar refractivity (Wildman–Crippen MR) is 120 cm³/mol. The van der Waals surface area contributed by atoms with Crippen molar-refractivity contribution in [1.82, 2.24) is 4.98 Å². The van der Waals surface area contributed by atoms with E-state index >= 15 is 0 Å². The number of Topliss-reactive ketones (excluding diaryl/α,β-unsaturated/α-hetero) is 2. The van der Waals surface area contributed by atoms with Gasteiger partial charge in [-0.05, 0) is 67.1 Å². The Kier molecular flexibility index (Phi) is 5.52. The van der Waals surface area contributed by atoms with Gasteiger partial charge in [-0.25, -0.2) is 0 Å². The van der Waals surface area contributed by atoms with Crippen LogP contribution in [0.1, 0.15) is 45.8 Å². The molecule has 0 amide bonds. The number of carbonyl (C=O) groups excluding carboxylic acids is 2. The van der Waals surface area contributed by atoms with Gasteiger partial charge >= 0.3 is 0 Å². The maximum Gasteiger partial charge on any atom is 0.151 e. The van der Waals surface area contributed by atoms with Gasteiger partial charge in [0.05, 0.1) is 5.56 Å². The van der Waals surface area contributed by atoms with Crippen LogP contribution in [-0.2, 0) is 16.0 Å². The summed E-state index contributed by atoms with van der Waals surface area (Å²) < 4.78 is 0. The highest BCUT2D eigenvalue weighted by atomic mass is 16.2. The average molecular weight is 409 g/mol. The molecule has 0 bridgehead atoms. The molecule has 1 aliphatic carbocycles. The van der Waals surface area contributed by atoms with E-state index in [-0.39, 0.29) is 23.9 Å². The molecule has 154 valence electrons. The third-order valence-electron chi connectivity index (χ3n) is 6.13. The predicted octanol–water partition coefficient (Wildman–Crippen LogP) is 5.03. The molecule has 0 aliphatic heterocycles. The van der Waals surface area contributed by atoms with Gasteiger partial charge in [0.15, 0.2) is 5.78 Å². The van der Waals surface area contributed by atoms with E-state index in [1.54, 1.807) is 12.1 Å². The van der Waals surface area contributed by atoms with E-state index in [0.29, 0.717) is 12.0 Å². The molecule has 4 rings (SSSR count). The van der Waals surface area contributed by atoms with Crippen LogP contribution in [-0.4, -0.2) is 16.6 Å². The molecule has 1 aliphatic rings. The molecule has 0 radical (unpaired) electrons. The van der Waals surface area contributed by atoms with Crippen molar-refractivity contribution >= 4 is 11.6 Å². The van der Waals surface area contributed by atoms with Gasteiger partial charge in [-0.2, -0.15) is 5.26 Å².